The van der Waals surface area contributed by atoms with Crippen LogP contribution in [0.5, 0.6) is 0 Å². The quantitative estimate of drug-likeness (QED) is 0.777. The zero-order chi connectivity index (χ0) is 13.1. The predicted octanol–water partition coefficient (Wildman–Crippen LogP) is 2.78. The van der Waals surface area contributed by atoms with E-state index in [0.29, 0.717) is 11.4 Å². The van der Waals surface area contributed by atoms with Gasteiger partial charge in [0, 0.05) is 24.5 Å². The van der Waals surface area contributed by atoms with Crippen LogP contribution in [0.4, 0.5) is 4.39 Å². The maximum atomic E-state index is 13.2. The third-order valence-electron chi connectivity index (χ3n) is 2.83. The van der Waals surface area contributed by atoms with Crippen molar-refractivity contribution in [3.8, 4) is 0 Å². The van der Waals surface area contributed by atoms with Crippen molar-refractivity contribution in [3.63, 3.8) is 0 Å². The van der Waals surface area contributed by atoms with Crippen molar-refractivity contribution in [2.75, 3.05) is 0 Å². The van der Waals surface area contributed by atoms with Crippen LogP contribution in [-0.2, 0) is 13.0 Å². The van der Waals surface area contributed by atoms with Gasteiger partial charge in [0.25, 0.3) is 0 Å². The molecular weight excluding hydrogens is 231 g/mol. The van der Waals surface area contributed by atoms with E-state index in [1.807, 2.05) is 17.7 Å². The third kappa shape index (κ3) is 2.64. The fourth-order valence-corrected chi connectivity index (χ4v) is 1.94. The predicted molar refractivity (Wildman–Crippen MR) is 67.1 cm³/mol. The summed E-state index contributed by atoms with van der Waals surface area (Å²) in [6.45, 7) is 4.53. The van der Waals surface area contributed by atoms with Crippen LogP contribution in [0.2, 0.25) is 0 Å². The van der Waals surface area contributed by atoms with Crippen LogP contribution >= 0.6 is 0 Å². The van der Waals surface area contributed by atoms with Gasteiger partial charge in [0.05, 0.1) is 6.42 Å². The molecule has 0 aliphatic rings. The second-order valence-corrected chi connectivity index (χ2v) is 4.25. The van der Waals surface area contributed by atoms with Crippen LogP contribution in [0.25, 0.3) is 0 Å². The topological polar surface area (TPSA) is 34.9 Å². The summed E-state index contributed by atoms with van der Waals surface area (Å²) in [6.07, 6.45) is 3.70. The highest BCUT2D eigenvalue weighted by atomic mass is 19.1. The first-order valence-corrected chi connectivity index (χ1v) is 5.90. The molecule has 1 heterocycles. The van der Waals surface area contributed by atoms with E-state index in [-0.39, 0.29) is 18.0 Å². The van der Waals surface area contributed by atoms with Crippen molar-refractivity contribution < 1.29 is 9.18 Å². The lowest BCUT2D eigenvalue weighted by molar-refractivity contribution is 0.0989. The number of hydrogen-bond donors (Lipinski definition) is 0. The standard InChI is InChI=1S/C14H15FN2O/c1-3-17-5-4-16-14(17)9-13(18)11-6-10(2)7-12(15)8-11/h4-8H,3,9H2,1-2H3. The Labute approximate surface area is 105 Å². The first kappa shape index (κ1) is 12.5. The molecule has 0 saturated heterocycles. The molecule has 94 valence electrons. The molecule has 0 aliphatic heterocycles. The number of carbonyl (C=O) groups excluding carboxylic acids is 1. The molecule has 0 fully saturated rings. The average molecular weight is 246 g/mol. The van der Waals surface area contributed by atoms with E-state index in [9.17, 15) is 9.18 Å². The number of nitrogens with zero attached hydrogens (tertiary/aromatic N) is 2. The molecule has 2 rings (SSSR count). The summed E-state index contributed by atoms with van der Waals surface area (Å²) in [7, 11) is 0. The largest absolute Gasteiger partial charge is 0.335 e. The molecule has 4 heteroatoms. The molecule has 0 N–H and O–H groups in total. The molecule has 0 spiro atoms. The first-order valence-electron chi connectivity index (χ1n) is 5.90. The summed E-state index contributed by atoms with van der Waals surface area (Å²) >= 11 is 0. The highest BCUT2D eigenvalue weighted by Gasteiger charge is 2.12. The summed E-state index contributed by atoms with van der Waals surface area (Å²) in [6, 6.07) is 4.38. The molecule has 3 nitrogen and oxygen atoms in total. The summed E-state index contributed by atoms with van der Waals surface area (Å²) in [5, 5.41) is 0. The van der Waals surface area contributed by atoms with Gasteiger partial charge in [-0.05, 0) is 37.6 Å². The Morgan fingerprint density at radius 2 is 2.17 bits per heavy atom. The van der Waals surface area contributed by atoms with Gasteiger partial charge in [-0.25, -0.2) is 9.37 Å². The minimum absolute atomic E-state index is 0.112. The second kappa shape index (κ2) is 5.12. The van der Waals surface area contributed by atoms with Crippen molar-refractivity contribution in [2.24, 2.45) is 0 Å². The molecule has 0 unspecified atom stereocenters. The normalized spacial score (nSPS) is 10.6. The molecule has 1 aromatic heterocycles. The van der Waals surface area contributed by atoms with Crippen LogP contribution in [0.1, 0.15) is 28.7 Å². The molecule has 18 heavy (non-hydrogen) atoms. The number of aromatic nitrogens is 2. The van der Waals surface area contributed by atoms with Gasteiger partial charge in [0.15, 0.2) is 5.78 Å². The minimum atomic E-state index is -0.378. The Balaban J connectivity index is 2.22. The maximum Gasteiger partial charge on any atom is 0.170 e. The lowest BCUT2D eigenvalue weighted by Gasteiger charge is -2.05. The maximum absolute atomic E-state index is 13.2. The number of ketones is 1. The van der Waals surface area contributed by atoms with E-state index < -0.39 is 0 Å². The zero-order valence-electron chi connectivity index (χ0n) is 10.5. The Bertz CT molecular complexity index is 555. The molecular formula is C14H15FN2O. The molecule has 0 radical (unpaired) electrons. The van der Waals surface area contributed by atoms with Crippen molar-refractivity contribution in [2.45, 2.75) is 26.8 Å². The van der Waals surface area contributed by atoms with Gasteiger partial charge in [-0.3, -0.25) is 4.79 Å². The van der Waals surface area contributed by atoms with Crippen LogP contribution in [0, 0.1) is 12.7 Å². The average Bonchev–Trinajstić information content (AvgIpc) is 2.75. The summed E-state index contributed by atoms with van der Waals surface area (Å²) < 4.78 is 15.1. The Hall–Kier alpha value is -1.97. The highest BCUT2D eigenvalue weighted by molar-refractivity contribution is 5.97. The number of rotatable bonds is 4. The van der Waals surface area contributed by atoms with E-state index >= 15 is 0 Å². The number of imidazole rings is 1. The first-order chi connectivity index (χ1) is 8.60. The van der Waals surface area contributed by atoms with E-state index in [1.165, 1.54) is 12.1 Å². The van der Waals surface area contributed by atoms with E-state index in [1.54, 1.807) is 19.2 Å². The lowest BCUT2D eigenvalue weighted by atomic mass is 10.1. The van der Waals surface area contributed by atoms with Gasteiger partial charge in [-0.15, -0.1) is 0 Å². The van der Waals surface area contributed by atoms with Crippen LogP contribution < -0.4 is 0 Å². The fourth-order valence-electron chi connectivity index (χ4n) is 1.94. The van der Waals surface area contributed by atoms with Crippen molar-refractivity contribution in [1.82, 2.24) is 9.55 Å². The van der Waals surface area contributed by atoms with E-state index in [0.717, 1.165) is 12.1 Å². The van der Waals surface area contributed by atoms with Gasteiger partial charge in [-0.1, -0.05) is 0 Å². The Morgan fingerprint density at radius 1 is 1.39 bits per heavy atom. The van der Waals surface area contributed by atoms with Gasteiger partial charge >= 0.3 is 0 Å². The monoisotopic (exact) mass is 246 g/mol. The number of Topliss-reactive ketones (excluding diaryl/α,β-unsaturated/α-hetero) is 1. The Morgan fingerprint density at radius 3 is 2.83 bits per heavy atom. The molecule has 0 aliphatic carbocycles. The highest BCUT2D eigenvalue weighted by Crippen LogP contribution is 2.11. The van der Waals surface area contributed by atoms with Crippen molar-refractivity contribution in [1.29, 1.82) is 0 Å². The number of hydrogen-bond acceptors (Lipinski definition) is 2. The number of aryl methyl sites for hydroxylation is 2. The van der Waals surface area contributed by atoms with Crippen LogP contribution in [-0.4, -0.2) is 15.3 Å². The minimum Gasteiger partial charge on any atom is -0.335 e. The van der Waals surface area contributed by atoms with Gasteiger partial charge in [-0.2, -0.15) is 0 Å². The third-order valence-corrected chi connectivity index (χ3v) is 2.83. The number of benzene rings is 1. The molecule has 2 aromatic rings. The van der Waals surface area contributed by atoms with Crippen LogP contribution in [0.15, 0.2) is 30.6 Å². The molecule has 0 atom stereocenters. The molecule has 1 aromatic carbocycles. The van der Waals surface area contributed by atoms with Crippen LogP contribution in [0.3, 0.4) is 0 Å². The fraction of sp³-hybridized carbons (Fsp3) is 0.286. The SMILES string of the molecule is CCn1ccnc1CC(=O)c1cc(C)cc(F)c1. The Kier molecular flexibility index (Phi) is 3.55. The zero-order valence-corrected chi connectivity index (χ0v) is 10.5. The molecule has 0 bridgehead atoms. The number of halogens is 1. The van der Waals surface area contributed by atoms with Crippen molar-refractivity contribution >= 4 is 5.78 Å². The van der Waals surface area contributed by atoms with E-state index in [4.69, 9.17) is 0 Å². The van der Waals surface area contributed by atoms with E-state index in [2.05, 4.69) is 4.98 Å². The summed E-state index contributed by atoms with van der Waals surface area (Å²) in [5.74, 6) is 0.222. The van der Waals surface area contributed by atoms with Gasteiger partial charge < -0.3 is 4.57 Å². The smallest absolute Gasteiger partial charge is 0.170 e. The molecule has 0 amide bonds. The lowest BCUT2D eigenvalue weighted by Crippen LogP contribution is -2.10. The van der Waals surface area contributed by atoms with Gasteiger partial charge in [0.2, 0.25) is 0 Å². The second-order valence-electron chi connectivity index (χ2n) is 4.25. The summed E-state index contributed by atoms with van der Waals surface area (Å²) in [5.41, 5.74) is 1.15. The van der Waals surface area contributed by atoms with Crippen molar-refractivity contribution in [3.05, 3.63) is 53.4 Å². The number of carbonyl (C=O) groups is 1. The summed E-state index contributed by atoms with van der Waals surface area (Å²) in [4.78, 5) is 16.2. The van der Waals surface area contributed by atoms with Gasteiger partial charge in [0.1, 0.15) is 11.6 Å². The molecule has 0 saturated carbocycles.